The van der Waals surface area contributed by atoms with Crippen LogP contribution in [-0.4, -0.2) is 36.7 Å². The molecule has 7 nitrogen and oxygen atoms in total. The maximum atomic E-state index is 12.5. The van der Waals surface area contributed by atoms with E-state index in [9.17, 15) is 18.0 Å². The Morgan fingerprint density at radius 3 is 2.24 bits per heavy atom. The van der Waals surface area contributed by atoms with Crippen molar-refractivity contribution < 1.29 is 22.7 Å². The molecule has 2 saturated carbocycles. The van der Waals surface area contributed by atoms with Crippen LogP contribution in [0.3, 0.4) is 0 Å². The highest BCUT2D eigenvalue weighted by Gasteiger charge is 2.27. The second-order valence-corrected chi connectivity index (χ2v) is 8.29. The third kappa shape index (κ3) is 9.53. The molecule has 1 amide bonds. The number of rotatable bonds is 9. The fourth-order valence-corrected chi connectivity index (χ4v) is 3.54. The van der Waals surface area contributed by atoms with Crippen LogP contribution in [0.4, 0.5) is 18.9 Å². The lowest BCUT2D eigenvalue weighted by Crippen LogP contribution is -2.35. The van der Waals surface area contributed by atoms with Gasteiger partial charge in [0.15, 0.2) is 0 Å². The number of nitrogens with one attached hydrogen (secondary N) is 1. The first-order chi connectivity index (χ1) is 15.7. The first-order valence-corrected chi connectivity index (χ1v) is 10.8. The van der Waals surface area contributed by atoms with Crippen molar-refractivity contribution in [2.45, 2.75) is 63.3 Å². The molecule has 0 saturated heterocycles. The second kappa shape index (κ2) is 12.3. The molecule has 5 N–H and O–H groups in total. The molecule has 0 radical (unpaired) electrons. The number of ether oxygens (including phenoxy) is 1. The number of hydrogen-bond donors (Lipinski definition) is 3. The minimum Gasteiger partial charge on any atom is -0.387 e. The van der Waals surface area contributed by atoms with E-state index < -0.39 is 18.5 Å². The lowest BCUT2D eigenvalue weighted by molar-refractivity contribution is -0.127. The molecule has 0 spiro atoms. The number of nitrogens with zero attached hydrogens (tertiary/aromatic N) is 2. The van der Waals surface area contributed by atoms with Crippen molar-refractivity contribution >= 4 is 17.4 Å². The number of nitriles is 1. The number of carbonyl (C=O) groups excluding carboxylic acids is 1. The van der Waals surface area contributed by atoms with Crippen LogP contribution in [0.25, 0.3) is 0 Å². The van der Waals surface area contributed by atoms with E-state index in [2.05, 4.69) is 16.9 Å². The average molecular weight is 466 g/mol. The molecule has 2 fully saturated rings. The highest BCUT2D eigenvalue weighted by Crippen LogP contribution is 2.31. The molecule has 3 rings (SSSR count). The van der Waals surface area contributed by atoms with Crippen molar-refractivity contribution in [3.05, 3.63) is 41.6 Å². The summed E-state index contributed by atoms with van der Waals surface area (Å²) in [6.45, 7) is 4.36. The first-order valence-electron chi connectivity index (χ1n) is 10.8. The molecule has 0 aliphatic heterocycles. The summed E-state index contributed by atoms with van der Waals surface area (Å²) >= 11 is 0. The zero-order chi connectivity index (χ0) is 24.4. The Labute approximate surface area is 191 Å². The van der Waals surface area contributed by atoms with Gasteiger partial charge in [-0.1, -0.05) is 12.1 Å². The summed E-state index contributed by atoms with van der Waals surface area (Å²) in [6, 6.07) is 5.68. The van der Waals surface area contributed by atoms with Gasteiger partial charge >= 0.3 is 6.18 Å². The molecule has 2 aliphatic rings. The molecule has 33 heavy (non-hydrogen) atoms. The lowest BCUT2D eigenvalue weighted by atomic mass is 9.93. The number of amides is 1. The lowest BCUT2D eigenvalue weighted by Gasteiger charge is -2.29. The van der Waals surface area contributed by atoms with Gasteiger partial charge < -0.3 is 21.5 Å². The van der Waals surface area contributed by atoms with Gasteiger partial charge in [-0.3, -0.25) is 4.79 Å². The second-order valence-electron chi connectivity index (χ2n) is 8.29. The van der Waals surface area contributed by atoms with Crippen molar-refractivity contribution in [3.8, 4) is 6.57 Å². The number of halogens is 3. The summed E-state index contributed by atoms with van der Waals surface area (Å²) in [7, 11) is 0. The van der Waals surface area contributed by atoms with Gasteiger partial charge in [-0.25, -0.2) is 10.3 Å². The molecule has 10 heteroatoms. The van der Waals surface area contributed by atoms with Gasteiger partial charge in [-0.05, 0) is 62.1 Å². The van der Waals surface area contributed by atoms with Gasteiger partial charge in [0.2, 0.25) is 0 Å². The van der Waals surface area contributed by atoms with Crippen LogP contribution in [0, 0.1) is 17.8 Å². The minimum absolute atomic E-state index is 0.0338. The van der Waals surface area contributed by atoms with Gasteiger partial charge in [-0.2, -0.15) is 13.2 Å². The van der Waals surface area contributed by atoms with Crippen molar-refractivity contribution in [1.82, 2.24) is 5.32 Å². The summed E-state index contributed by atoms with van der Waals surface area (Å²) in [6.07, 6.45) is 2.77. The van der Waals surface area contributed by atoms with Crippen LogP contribution in [0.5, 0.6) is 0 Å². The van der Waals surface area contributed by atoms with Crippen LogP contribution < -0.4 is 16.8 Å². The van der Waals surface area contributed by atoms with Gasteiger partial charge in [-0.15, -0.1) is 0 Å². The van der Waals surface area contributed by atoms with Crippen molar-refractivity contribution in [1.29, 1.82) is 5.26 Å². The third-order valence-electron chi connectivity index (χ3n) is 5.53. The Kier molecular flexibility index (Phi) is 9.73. The molecule has 1 aromatic rings. The Balaban J connectivity index is 0.00000187. The van der Waals surface area contributed by atoms with E-state index in [1.54, 1.807) is 0 Å². The number of primary amides is 1. The zero-order valence-corrected chi connectivity index (χ0v) is 18.4. The molecule has 0 unspecified atom stereocenters. The Morgan fingerprint density at radius 1 is 1.12 bits per heavy atom. The topological polar surface area (TPSA) is 127 Å². The summed E-state index contributed by atoms with van der Waals surface area (Å²) < 4.78 is 43.3. The zero-order valence-electron chi connectivity index (χ0n) is 18.4. The molecule has 1 aromatic carbocycles. The molecular formula is C23H30F3N5O2. The number of benzene rings is 1. The van der Waals surface area contributed by atoms with Gasteiger partial charge in [0.1, 0.15) is 5.84 Å². The maximum Gasteiger partial charge on any atom is 0.393 e. The summed E-state index contributed by atoms with van der Waals surface area (Å²) in [4.78, 5) is 16.0. The third-order valence-corrected chi connectivity index (χ3v) is 5.53. The molecule has 0 aromatic heterocycles. The predicted octanol–water partition coefficient (Wildman–Crippen LogP) is 3.62. The maximum absolute atomic E-state index is 12.5. The standard InChI is InChI=1S/C22H29F3N4O2.CHN/c23-22(24,25)11-14-3-5-17(6-4-14)29-20(26)19(21(27)30)12-28-16-7-9-18(10-8-16)31-13-15-1-2-15;1-2/h3-6,12,15-16,18,28H,1-2,7-11,13H2,(H2,26,29)(H2,27,30);1H/b19-12+;. The van der Waals surface area contributed by atoms with E-state index in [-0.39, 0.29) is 23.0 Å². The van der Waals surface area contributed by atoms with Crippen LogP contribution in [0.1, 0.15) is 44.1 Å². The molecule has 0 atom stereocenters. The quantitative estimate of drug-likeness (QED) is 0.292. The van der Waals surface area contributed by atoms with E-state index >= 15 is 0 Å². The highest BCUT2D eigenvalue weighted by atomic mass is 19.4. The summed E-state index contributed by atoms with van der Waals surface area (Å²) in [5, 5.41) is 9.70. The van der Waals surface area contributed by atoms with Gasteiger partial charge in [0, 0.05) is 25.4 Å². The SMILES string of the molecule is C#N.NC(=O)/C(=C/NC1CCC(OCC2CC2)CC1)C(N)=Nc1ccc(CC(F)(F)F)cc1. The van der Waals surface area contributed by atoms with E-state index in [4.69, 9.17) is 21.5 Å². The Hall–Kier alpha value is -3.06. The van der Waals surface area contributed by atoms with E-state index in [0.29, 0.717) is 11.8 Å². The number of hydrogen-bond acceptors (Lipinski definition) is 5. The van der Waals surface area contributed by atoms with E-state index in [0.717, 1.165) is 38.2 Å². The van der Waals surface area contributed by atoms with Crippen LogP contribution in [0.15, 0.2) is 41.0 Å². The Morgan fingerprint density at radius 2 is 1.73 bits per heavy atom. The van der Waals surface area contributed by atoms with Crippen molar-refractivity contribution in [3.63, 3.8) is 0 Å². The minimum atomic E-state index is -4.28. The molecule has 180 valence electrons. The Bertz CT molecular complexity index is 853. The van der Waals surface area contributed by atoms with Gasteiger partial charge in [0.05, 0.1) is 23.8 Å². The van der Waals surface area contributed by atoms with E-state index in [1.807, 2.05) is 0 Å². The fourth-order valence-electron chi connectivity index (χ4n) is 3.54. The number of carbonyl (C=O) groups is 1. The number of amidine groups is 1. The highest BCUT2D eigenvalue weighted by molar-refractivity contribution is 6.20. The smallest absolute Gasteiger partial charge is 0.387 e. The van der Waals surface area contributed by atoms with Gasteiger partial charge in [0.25, 0.3) is 5.91 Å². The first kappa shape index (κ1) is 26.2. The van der Waals surface area contributed by atoms with E-state index in [1.165, 1.54) is 43.3 Å². The monoisotopic (exact) mass is 465 g/mol. The summed E-state index contributed by atoms with van der Waals surface area (Å²) in [5.74, 6) is -0.0751. The normalized spacial score (nSPS) is 21.6. The van der Waals surface area contributed by atoms with Crippen LogP contribution in [0.2, 0.25) is 0 Å². The predicted molar refractivity (Wildman–Crippen MR) is 119 cm³/mol. The van der Waals surface area contributed by atoms with Crippen LogP contribution >= 0.6 is 0 Å². The summed E-state index contributed by atoms with van der Waals surface area (Å²) in [5.41, 5.74) is 11.9. The fraction of sp³-hybridized carbons (Fsp3) is 0.522. The molecule has 0 bridgehead atoms. The average Bonchev–Trinajstić information content (AvgIpc) is 3.59. The molecular weight excluding hydrogens is 435 g/mol. The number of alkyl halides is 3. The number of nitrogens with two attached hydrogens (primary N) is 2. The molecule has 2 aliphatic carbocycles. The van der Waals surface area contributed by atoms with Crippen molar-refractivity contribution in [2.75, 3.05) is 6.61 Å². The number of aliphatic imine (C=N–C) groups is 1. The van der Waals surface area contributed by atoms with Crippen LogP contribution in [-0.2, 0) is 16.0 Å². The van der Waals surface area contributed by atoms with Crippen molar-refractivity contribution in [2.24, 2.45) is 22.4 Å². The largest absolute Gasteiger partial charge is 0.393 e. The molecule has 0 heterocycles.